The number of hydrogen-bond acceptors (Lipinski definition) is 4. The number of carbonyl (C=O) groups is 3. The van der Waals surface area contributed by atoms with Crippen molar-refractivity contribution in [1.82, 2.24) is 10.2 Å². The smallest absolute Gasteiger partial charge is 0.407 e. The lowest BCUT2D eigenvalue weighted by Crippen LogP contribution is -2.43. The van der Waals surface area contributed by atoms with Gasteiger partial charge in [-0.1, -0.05) is 61.9 Å². The number of ether oxygens (including phenoxy) is 1. The molecule has 34 heavy (non-hydrogen) atoms. The lowest BCUT2D eigenvalue weighted by Gasteiger charge is -2.31. The van der Waals surface area contributed by atoms with E-state index in [0.29, 0.717) is 25.9 Å². The molecule has 2 aromatic rings. The third kappa shape index (κ3) is 5.24. The summed E-state index contributed by atoms with van der Waals surface area (Å²) in [6.07, 6.45) is 1.84. The van der Waals surface area contributed by atoms with Crippen LogP contribution in [0.3, 0.4) is 0 Å². The van der Waals surface area contributed by atoms with Gasteiger partial charge in [-0.05, 0) is 41.0 Å². The highest BCUT2D eigenvalue weighted by molar-refractivity contribution is 5.79. The predicted octanol–water partition coefficient (Wildman–Crippen LogP) is 4.26. The molecule has 1 unspecified atom stereocenters. The molecule has 180 valence electrons. The van der Waals surface area contributed by atoms with Crippen molar-refractivity contribution in [2.75, 3.05) is 26.2 Å². The summed E-state index contributed by atoms with van der Waals surface area (Å²) in [6, 6.07) is 16.4. The number of aliphatic carboxylic acids is 1. The zero-order valence-corrected chi connectivity index (χ0v) is 19.5. The van der Waals surface area contributed by atoms with E-state index in [9.17, 15) is 19.5 Å². The Morgan fingerprint density at radius 3 is 2.35 bits per heavy atom. The lowest BCUT2D eigenvalue weighted by atomic mass is 9.96. The topological polar surface area (TPSA) is 95.9 Å². The number of rotatable bonds is 8. The fraction of sp³-hybridized carbons (Fsp3) is 0.444. The van der Waals surface area contributed by atoms with Gasteiger partial charge in [0.25, 0.3) is 0 Å². The molecule has 7 heteroatoms. The molecule has 7 nitrogen and oxygen atoms in total. The Bertz CT molecular complexity index is 1010. The largest absolute Gasteiger partial charge is 0.481 e. The van der Waals surface area contributed by atoms with Crippen LogP contribution >= 0.6 is 0 Å². The highest BCUT2D eigenvalue weighted by Gasteiger charge is 2.30. The molecular weight excluding hydrogens is 432 g/mol. The minimum atomic E-state index is -0.846. The molecule has 0 spiro atoms. The van der Waals surface area contributed by atoms with Crippen molar-refractivity contribution in [1.29, 1.82) is 0 Å². The van der Waals surface area contributed by atoms with E-state index in [0.717, 1.165) is 17.5 Å². The number of carbonyl (C=O) groups excluding carboxylic acids is 2. The first-order valence-corrected chi connectivity index (χ1v) is 12.1. The van der Waals surface area contributed by atoms with E-state index >= 15 is 0 Å². The Hall–Kier alpha value is -3.35. The number of nitrogens with zero attached hydrogens (tertiary/aromatic N) is 1. The van der Waals surface area contributed by atoms with Crippen LogP contribution in [-0.2, 0) is 14.3 Å². The maximum Gasteiger partial charge on any atom is 0.407 e. The first-order valence-electron chi connectivity index (χ1n) is 12.1. The molecular formula is C27H32N2O5. The van der Waals surface area contributed by atoms with Crippen LogP contribution in [0.2, 0.25) is 0 Å². The Kier molecular flexibility index (Phi) is 7.50. The third-order valence-electron chi connectivity index (χ3n) is 7.04. The molecule has 2 atom stereocenters. The van der Waals surface area contributed by atoms with Gasteiger partial charge >= 0.3 is 12.1 Å². The van der Waals surface area contributed by atoms with Crippen molar-refractivity contribution < 1.29 is 24.2 Å². The number of amides is 2. The van der Waals surface area contributed by atoms with Gasteiger partial charge in [-0.15, -0.1) is 0 Å². The van der Waals surface area contributed by atoms with E-state index in [1.54, 1.807) is 4.90 Å². The van der Waals surface area contributed by atoms with Gasteiger partial charge in [0.2, 0.25) is 5.91 Å². The molecule has 1 fully saturated rings. The van der Waals surface area contributed by atoms with Crippen molar-refractivity contribution >= 4 is 18.0 Å². The van der Waals surface area contributed by atoms with Gasteiger partial charge in [0.1, 0.15) is 6.61 Å². The minimum Gasteiger partial charge on any atom is -0.481 e. The number of carboxylic acids is 1. The van der Waals surface area contributed by atoms with E-state index in [1.165, 1.54) is 11.1 Å². The molecule has 2 amide bonds. The lowest BCUT2D eigenvalue weighted by molar-refractivity contribution is -0.145. The van der Waals surface area contributed by atoms with Crippen LogP contribution in [0.1, 0.15) is 49.7 Å². The first kappa shape index (κ1) is 23.8. The maximum atomic E-state index is 12.7. The van der Waals surface area contributed by atoms with Gasteiger partial charge in [0.15, 0.2) is 0 Å². The average molecular weight is 465 g/mol. The number of piperidine rings is 1. The molecule has 1 aliphatic carbocycles. The van der Waals surface area contributed by atoms with Crippen LogP contribution in [0.25, 0.3) is 11.1 Å². The molecule has 2 N–H and O–H groups in total. The molecule has 0 aromatic heterocycles. The van der Waals surface area contributed by atoms with Gasteiger partial charge in [0, 0.05) is 32.0 Å². The minimum absolute atomic E-state index is 0.00276. The van der Waals surface area contributed by atoms with E-state index < -0.39 is 18.0 Å². The van der Waals surface area contributed by atoms with Crippen LogP contribution in [0.4, 0.5) is 4.79 Å². The number of alkyl carbamates (subject to hydrolysis) is 1. The number of nitrogens with one attached hydrogen (secondary N) is 1. The summed E-state index contributed by atoms with van der Waals surface area (Å²) in [5.41, 5.74) is 4.68. The number of fused-ring (bicyclic) bond motifs is 3. The van der Waals surface area contributed by atoms with Gasteiger partial charge in [-0.25, -0.2) is 4.79 Å². The molecule has 4 rings (SSSR count). The Labute approximate surface area is 200 Å². The number of likely N-dealkylation sites (tertiary alicyclic amines) is 1. The van der Waals surface area contributed by atoms with Crippen LogP contribution in [0.15, 0.2) is 48.5 Å². The van der Waals surface area contributed by atoms with Crippen molar-refractivity contribution in [2.24, 2.45) is 11.8 Å². The number of hydrogen-bond donors (Lipinski definition) is 2. The van der Waals surface area contributed by atoms with Crippen LogP contribution in [-0.4, -0.2) is 54.2 Å². The van der Waals surface area contributed by atoms with Crippen LogP contribution in [0, 0.1) is 11.8 Å². The third-order valence-corrected chi connectivity index (χ3v) is 7.04. The maximum absolute atomic E-state index is 12.7. The van der Waals surface area contributed by atoms with Gasteiger partial charge in [-0.3, -0.25) is 9.59 Å². The summed E-state index contributed by atoms with van der Waals surface area (Å²) >= 11 is 0. The van der Waals surface area contributed by atoms with Crippen molar-refractivity contribution in [3.05, 3.63) is 59.7 Å². The summed E-state index contributed by atoms with van der Waals surface area (Å²) in [7, 11) is 0. The SMILES string of the molecule is CCC(CNC(=O)OCC1c2ccccc2-c2ccccc21)CC(=O)N1CCC[C@H](C(=O)O)C1. The molecule has 0 saturated carbocycles. The summed E-state index contributed by atoms with van der Waals surface area (Å²) in [4.78, 5) is 38.1. The molecule has 1 heterocycles. The van der Waals surface area contributed by atoms with E-state index in [1.807, 2.05) is 31.2 Å². The normalized spacial score (nSPS) is 18.0. The van der Waals surface area contributed by atoms with Gasteiger partial charge in [-0.2, -0.15) is 0 Å². The zero-order chi connectivity index (χ0) is 24.1. The van der Waals surface area contributed by atoms with E-state index in [-0.39, 0.29) is 37.3 Å². The molecule has 2 aliphatic rings. The van der Waals surface area contributed by atoms with Gasteiger partial charge in [0.05, 0.1) is 5.92 Å². The number of carboxylic acid groups (broad SMARTS) is 1. The van der Waals surface area contributed by atoms with Crippen LogP contribution < -0.4 is 5.32 Å². The summed E-state index contributed by atoms with van der Waals surface area (Å²) in [5, 5.41) is 12.1. The fourth-order valence-corrected chi connectivity index (χ4v) is 5.02. The summed E-state index contributed by atoms with van der Waals surface area (Å²) in [5.74, 6) is -1.41. The Morgan fingerprint density at radius 2 is 1.74 bits per heavy atom. The van der Waals surface area contributed by atoms with Crippen molar-refractivity contribution in [3.8, 4) is 11.1 Å². The monoisotopic (exact) mass is 464 g/mol. The molecule has 1 aliphatic heterocycles. The average Bonchev–Trinajstić information content (AvgIpc) is 3.18. The Morgan fingerprint density at radius 1 is 1.09 bits per heavy atom. The fourth-order valence-electron chi connectivity index (χ4n) is 5.02. The van der Waals surface area contributed by atoms with Crippen molar-refractivity contribution in [2.45, 2.75) is 38.5 Å². The quantitative estimate of drug-likeness (QED) is 0.608. The molecule has 1 saturated heterocycles. The predicted molar refractivity (Wildman–Crippen MR) is 128 cm³/mol. The summed E-state index contributed by atoms with van der Waals surface area (Å²) < 4.78 is 5.59. The standard InChI is InChI=1S/C27H32N2O5/c1-2-18(14-25(30)29-13-7-8-19(16-29)26(31)32)15-28-27(33)34-17-24-22-11-5-3-9-20(22)21-10-4-6-12-23(21)24/h3-6,9-12,18-19,24H,2,7-8,13-17H2,1H3,(H,28,33)(H,31,32)/t18?,19-/m0/s1. The Balaban J connectivity index is 1.27. The van der Waals surface area contributed by atoms with Gasteiger partial charge < -0.3 is 20.1 Å². The van der Waals surface area contributed by atoms with E-state index in [4.69, 9.17) is 4.74 Å². The second-order valence-electron chi connectivity index (χ2n) is 9.20. The summed E-state index contributed by atoms with van der Waals surface area (Å²) in [6.45, 7) is 3.44. The van der Waals surface area contributed by atoms with Crippen molar-refractivity contribution in [3.63, 3.8) is 0 Å². The first-order chi connectivity index (χ1) is 16.5. The second-order valence-corrected chi connectivity index (χ2v) is 9.20. The zero-order valence-electron chi connectivity index (χ0n) is 19.5. The molecule has 2 aromatic carbocycles. The molecule has 0 bridgehead atoms. The highest BCUT2D eigenvalue weighted by atomic mass is 16.5. The number of benzene rings is 2. The second kappa shape index (κ2) is 10.7. The highest BCUT2D eigenvalue weighted by Crippen LogP contribution is 2.44. The molecule has 0 radical (unpaired) electrons. The van der Waals surface area contributed by atoms with E-state index in [2.05, 4.69) is 29.6 Å². The van der Waals surface area contributed by atoms with Crippen LogP contribution in [0.5, 0.6) is 0 Å².